The number of methoxy groups -OCH3 is 1. The first kappa shape index (κ1) is 31.5. The van der Waals surface area contributed by atoms with E-state index in [1.54, 1.807) is 18.1 Å². The number of ketones is 1. The van der Waals surface area contributed by atoms with Crippen molar-refractivity contribution >= 4 is 28.8 Å². The van der Waals surface area contributed by atoms with Crippen LogP contribution in [-0.2, 0) is 20.7 Å². The Balaban J connectivity index is 1.18. The molecular weight excluding hydrogens is 536 g/mol. The van der Waals surface area contributed by atoms with Gasteiger partial charge in [-0.05, 0) is 68.9 Å². The molecule has 42 heavy (non-hydrogen) atoms. The number of benzene rings is 1. The highest BCUT2D eigenvalue weighted by atomic mass is 16.6. The van der Waals surface area contributed by atoms with Crippen LogP contribution >= 0.6 is 0 Å². The number of hydrogen-bond acceptors (Lipinski definition) is 8. The number of aromatic hydroxyl groups is 1. The number of nitrogens with one attached hydrogen (secondary N) is 1. The molecule has 0 spiro atoms. The number of aryl methyl sites for hydroxylation is 1. The lowest BCUT2D eigenvalue weighted by Gasteiger charge is -2.28. The minimum atomic E-state index is -0.568. The Morgan fingerprint density at radius 3 is 2.62 bits per heavy atom. The summed E-state index contributed by atoms with van der Waals surface area (Å²) in [4.78, 5) is 48.8. The molecule has 2 N–H and O–H groups in total. The van der Waals surface area contributed by atoms with Crippen molar-refractivity contribution in [3.05, 3.63) is 23.9 Å². The summed E-state index contributed by atoms with van der Waals surface area (Å²) >= 11 is 0. The third-order valence-corrected chi connectivity index (χ3v) is 8.87. The van der Waals surface area contributed by atoms with Gasteiger partial charge in [0.2, 0.25) is 11.8 Å². The summed E-state index contributed by atoms with van der Waals surface area (Å²) in [5.41, 5.74) is 1.92. The van der Waals surface area contributed by atoms with Gasteiger partial charge in [0, 0.05) is 18.5 Å². The molecule has 1 aromatic carbocycles. The molecule has 4 atom stereocenters. The largest absolute Gasteiger partial charge is 0.497 e. The molecule has 2 aliphatic rings. The van der Waals surface area contributed by atoms with E-state index in [9.17, 15) is 19.5 Å². The van der Waals surface area contributed by atoms with Gasteiger partial charge in [0.15, 0.2) is 5.78 Å². The number of nitrogens with zero attached hydrogens (tertiary/aromatic N) is 3. The first-order chi connectivity index (χ1) is 20.2. The smallest absolute Gasteiger partial charge is 0.407 e. The van der Waals surface area contributed by atoms with Gasteiger partial charge in [0.05, 0.1) is 24.2 Å². The summed E-state index contributed by atoms with van der Waals surface area (Å²) in [6, 6.07) is 5.02. The van der Waals surface area contributed by atoms with Crippen LogP contribution in [0.25, 0.3) is 11.0 Å². The number of alkyl carbamates (subject to hydrolysis) is 1. The monoisotopic (exact) mass is 582 g/mol. The number of likely N-dealkylation sites (tertiary alicyclic amines) is 1. The maximum atomic E-state index is 12.9. The molecule has 10 nitrogen and oxygen atoms in total. The van der Waals surface area contributed by atoms with Gasteiger partial charge in [0.25, 0.3) is 0 Å². The van der Waals surface area contributed by atoms with Gasteiger partial charge >= 0.3 is 6.09 Å². The first-order valence-corrected chi connectivity index (χ1v) is 15.5. The van der Waals surface area contributed by atoms with Crippen molar-refractivity contribution in [2.45, 2.75) is 97.1 Å². The van der Waals surface area contributed by atoms with Crippen LogP contribution < -0.4 is 10.1 Å². The molecule has 2 heterocycles. The lowest BCUT2D eigenvalue weighted by molar-refractivity contribution is -0.139. The molecule has 2 fully saturated rings. The number of ether oxygens (including phenoxy) is 2. The highest BCUT2D eigenvalue weighted by Crippen LogP contribution is 2.33. The van der Waals surface area contributed by atoms with E-state index in [1.165, 1.54) is 0 Å². The maximum Gasteiger partial charge on any atom is 0.407 e. The number of aromatic nitrogens is 2. The van der Waals surface area contributed by atoms with E-state index in [1.807, 2.05) is 26.0 Å². The van der Waals surface area contributed by atoms with E-state index < -0.39 is 12.1 Å². The molecule has 4 rings (SSSR count). The summed E-state index contributed by atoms with van der Waals surface area (Å²) < 4.78 is 11.0. The number of carbonyl (C=O) groups excluding carboxylic acids is 3. The third kappa shape index (κ3) is 7.69. The van der Waals surface area contributed by atoms with E-state index in [2.05, 4.69) is 22.2 Å². The van der Waals surface area contributed by atoms with Crippen LogP contribution in [0.4, 0.5) is 4.79 Å². The van der Waals surface area contributed by atoms with Crippen LogP contribution in [0, 0.1) is 17.8 Å². The van der Waals surface area contributed by atoms with Crippen LogP contribution in [0.5, 0.6) is 11.6 Å². The number of unbranched alkanes of at least 4 members (excludes halogenated alkanes) is 2. The van der Waals surface area contributed by atoms with Gasteiger partial charge in [-0.15, -0.1) is 0 Å². The average Bonchev–Trinajstić information content (AvgIpc) is 3.61. The summed E-state index contributed by atoms with van der Waals surface area (Å²) in [6.45, 7) is 6.17. The molecule has 0 radical (unpaired) electrons. The zero-order chi connectivity index (χ0) is 30.2. The Morgan fingerprint density at radius 1 is 1.07 bits per heavy atom. The van der Waals surface area contributed by atoms with E-state index in [4.69, 9.17) is 9.47 Å². The van der Waals surface area contributed by atoms with Crippen molar-refractivity contribution in [3.63, 3.8) is 0 Å². The van der Waals surface area contributed by atoms with E-state index in [-0.39, 0.29) is 42.1 Å². The van der Waals surface area contributed by atoms with Gasteiger partial charge in [-0.2, -0.15) is 0 Å². The number of amides is 2. The molecule has 2 amide bonds. The minimum absolute atomic E-state index is 0.0403. The first-order valence-electron chi connectivity index (χ1n) is 15.5. The highest BCUT2D eigenvalue weighted by molar-refractivity contribution is 5.92. The summed E-state index contributed by atoms with van der Waals surface area (Å²) in [7, 11) is 1.59. The topological polar surface area (TPSA) is 131 Å². The predicted molar refractivity (Wildman–Crippen MR) is 159 cm³/mol. The number of Topliss-reactive ketones (excluding diaryl/α,β-unsaturated/α-hetero) is 1. The van der Waals surface area contributed by atoms with Crippen molar-refractivity contribution in [3.8, 4) is 11.6 Å². The average molecular weight is 583 g/mol. The molecule has 2 unspecified atom stereocenters. The Kier molecular flexibility index (Phi) is 11.0. The fourth-order valence-electron chi connectivity index (χ4n) is 6.44. The zero-order valence-electron chi connectivity index (χ0n) is 25.4. The van der Waals surface area contributed by atoms with Crippen molar-refractivity contribution in [1.82, 2.24) is 20.2 Å². The van der Waals surface area contributed by atoms with Crippen LogP contribution in [0.1, 0.15) is 84.3 Å². The molecule has 1 saturated heterocycles. The predicted octanol–water partition coefficient (Wildman–Crippen LogP) is 5.19. The van der Waals surface area contributed by atoms with Gasteiger partial charge in [0.1, 0.15) is 24.1 Å². The van der Waals surface area contributed by atoms with Crippen molar-refractivity contribution in [2.24, 2.45) is 17.8 Å². The van der Waals surface area contributed by atoms with Gasteiger partial charge in [-0.25, -0.2) is 14.8 Å². The van der Waals surface area contributed by atoms with E-state index >= 15 is 0 Å². The van der Waals surface area contributed by atoms with Gasteiger partial charge in [-0.1, -0.05) is 40.0 Å². The summed E-state index contributed by atoms with van der Waals surface area (Å²) in [5, 5.41) is 13.0. The SMILES string of the molecule is CCC1CCN(C(=O)CNC(=O)OC2CCC[C@H]2CCCCCc2nc3ccc(OC)cc3nc2O)[C@@H]1C(=O)C(C)C. The highest BCUT2D eigenvalue weighted by Gasteiger charge is 2.41. The number of fused-ring (bicyclic) bond motifs is 1. The van der Waals surface area contributed by atoms with Crippen molar-refractivity contribution in [1.29, 1.82) is 0 Å². The number of carbonyl (C=O) groups is 3. The minimum Gasteiger partial charge on any atom is -0.497 e. The molecule has 1 saturated carbocycles. The molecule has 1 aliphatic carbocycles. The Bertz CT molecular complexity index is 1250. The van der Waals surface area contributed by atoms with Crippen LogP contribution in [-0.4, -0.2) is 70.1 Å². The molecule has 1 aliphatic heterocycles. The Hall–Kier alpha value is -3.43. The lowest BCUT2D eigenvalue weighted by atomic mass is 9.89. The lowest BCUT2D eigenvalue weighted by Crippen LogP contribution is -2.48. The molecule has 1 aromatic heterocycles. The fourth-order valence-corrected chi connectivity index (χ4v) is 6.44. The normalized spacial score (nSPS) is 22.1. The number of rotatable bonds is 13. The van der Waals surface area contributed by atoms with Crippen LogP contribution in [0.3, 0.4) is 0 Å². The van der Waals surface area contributed by atoms with Crippen LogP contribution in [0.2, 0.25) is 0 Å². The van der Waals surface area contributed by atoms with E-state index in [0.717, 1.165) is 63.3 Å². The molecular formula is C32H46N4O6. The molecule has 0 bridgehead atoms. The second-order valence-corrected chi connectivity index (χ2v) is 12.0. The second-order valence-electron chi connectivity index (χ2n) is 12.0. The van der Waals surface area contributed by atoms with Crippen LogP contribution in [0.15, 0.2) is 18.2 Å². The summed E-state index contributed by atoms with van der Waals surface area (Å²) in [5.74, 6) is 0.821. The standard InChI is InChI=1S/C32H46N4O6/c1-5-21-16-17-36(29(21)30(38)20(2)3)28(37)19-33-32(40)42-27-13-9-11-22(27)10-7-6-8-12-25-31(39)35-26-18-23(41-4)14-15-24(26)34-25/h14-15,18,20-22,27,29H,5-13,16-17,19H2,1-4H3,(H,33,40)(H,35,39)/t21?,22-,27?,29+/m1/s1. The quantitative estimate of drug-likeness (QED) is 0.309. The second kappa shape index (κ2) is 14.6. The summed E-state index contributed by atoms with van der Waals surface area (Å²) in [6.07, 6.45) is 8.22. The van der Waals surface area contributed by atoms with Crippen molar-refractivity contribution in [2.75, 3.05) is 20.2 Å². The molecule has 230 valence electrons. The van der Waals surface area contributed by atoms with E-state index in [0.29, 0.717) is 35.8 Å². The Labute approximate surface area is 248 Å². The zero-order valence-corrected chi connectivity index (χ0v) is 25.4. The Morgan fingerprint density at radius 2 is 1.88 bits per heavy atom. The molecule has 10 heteroatoms. The van der Waals surface area contributed by atoms with Crippen molar-refractivity contribution < 1.29 is 29.0 Å². The van der Waals surface area contributed by atoms with Gasteiger partial charge in [-0.3, -0.25) is 9.59 Å². The fraction of sp³-hybridized carbons (Fsp3) is 0.656. The number of hydrogen-bond donors (Lipinski definition) is 2. The van der Waals surface area contributed by atoms with Gasteiger partial charge < -0.3 is 24.8 Å². The third-order valence-electron chi connectivity index (χ3n) is 8.87. The molecule has 2 aromatic rings. The maximum absolute atomic E-state index is 12.9.